The van der Waals surface area contributed by atoms with E-state index in [1.807, 2.05) is 6.92 Å². The lowest BCUT2D eigenvalue weighted by Gasteiger charge is -2.13. The normalized spacial score (nSPS) is 14.8. The summed E-state index contributed by atoms with van der Waals surface area (Å²) in [5, 5.41) is 14.7. The lowest BCUT2D eigenvalue weighted by molar-refractivity contribution is -0.115. The monoisotopic (exact) mass is 373 g/mol. The van der Waals surface area contributed by atoms with Crippen molar-refractivity contribution >= 4 is 35.0 Å². The van der Waals surface area contributed by atoms with Gasteiger partial charge in [0.1, 0.15) is 5.82 Å². The van der Waals surface area contributed by atoms with Crippen LogP contribution in [0.4, 0.5) is 11.4 Å². The summed E-state index contributed by atoms with van der Waals surface area (Å²) in [4.78, 5) is 23.5. The summed E-state index contributed by atoms with van der Waals surface area (Å²) in [5.41, 5.74) is 1.39. The Kier molecular flexibility index (Phi) is 5.92. The van der Waals surface area contributed by atoms with Gasteiger partial charge in [0.25, 0.3) is 0 Å². The second-order valence-corrected chi connectivity index (χ2v) is 7.68. The number of nitrogens with zero attached hydrogens (tertiary/aromatic N) is 3. The minimum absolute atomic E-state index is 0.0896. The minimum atomic E-state index is -0.290. The van der Waals surface area contributed by atoms with E-state index in [2.05, 4.69) is 25.4 Å². The predicted molar refractivity (Wildman–Crippen MR) is 102 cm³/mol. The van der Waals surface area contributed by atoms with Crippen LogP contribution < -0.4 is 10.6 Å². The maximum absolute atomic E-state index is 12.5. The fraction of sp³-hybridized carbons (Fsp3) is 0.444. The molecule has 26 heavy (non-hydrogen) atoms. The first-order chi connectivity index (χ1) is 12.5. The van der Waals surface area contributed by atoms with Gasteiger partial charge >= 0.3 is 0 Å². The molecule has 0 aliphatic carbocycles. The van der Waals surface area contributed by atoms with Crippen molar-refractivity contribution in [2.45, 2.75) is 56.5 Å². The van der Waals surface area contributed by atoms with Gasteiger partial charge in [-0.3, -0.25) is 9.59 Å². The van der Waals surface area contributed by atoms with Crippen molar-refractivity contribution in [3.05, 3.63) is 30.1 Å². The van der Waals surface area contributed by atoms with Crippen LogP contribution in [0.1, 0.15) is 38.9 Å². The number of rotatable bonds is 5. The largest absolute Gasteiger partial charge is 0.326 e. The Hall–Kier alpha value is -2.35. The molecule has 2 amide bonds. The third-order valence-corrected chi connectivity index (χ3v) is 5.28. The van der Waals surface area contributed by atoms with Gasteiger partial charge in [-0.25, -0.2) is 0 Å². The number of aromatic nitrogens is 3. The third kappa shape index (κ3) is 4.63. The number of carbonyl (C=O) groups excluding carboxylic acids is 2. The summed E-state index contributed by atoms with van der Waals surface area (Å²) in [6.45, 7) is 4.24. The van der Waals surface area contributed by atoms with Crippen molar-refractivity contribution in [3.63, 3.8) is 0 Å². The van der Waals surface area contributed by atoms with E-state index in [0.29, 0.717) is 11.4 Å². The van der Waals surface area contributed by atoms with E-state index in [1.54, 1.807) is 24.3 Å². The molecule has 0 fully saturated rings. The summed E-state index contributed by atoms with van der Waals surface area (Å²) in [6, 6.07) is 7.05. The van der Waals surface area contributed by atoms with E-state index in [4.69, 9.17) is 0 Å². The minimum Gasteiger partial charge on any atom is -0.326 e. The maximum Gasteiger partial charge on any atom is 0.237 e. The molecule has 0 saturated heterocycles. The van der Waals surface area contributed by atoms with Crippen molar-refractivity contribution in [1.29, 1.82) is 0 Å². The van der Waals surface area contributed by atoms with Gasteiger partial charge < -0.3 is 15.2 Å². The van der Waals surface area contributed by atoms with Gasteiger partial charge in [-0.2, -0.15) is 0 Å². The molecule has 1 unspecified atom stereocenters. The highest BCUT2D eigenvalue weighted by atomic mass is 32.2. The molecule has 0 radical (unpaired) electrons. The van der Waals surface area contributed by atoms with Crippen LogP contribution in [0.25, 0.3) is 0 Å². The zero-order valence-corrected chi connectivity index (χ0v) is 15.8. The standard InChI is InChI=1S/C18H23N5O2S/c1-12(26-18-22-21-16-6-4-3-5-11-23(16)18)17(25)20-15-9-7-14(8-10-15)19-13(2)24/h7-10,12H,3-6,11H2,1-2H3,(H,19,24)(H,20,25). The molecule has 7 nitrogen and oxygen atoms in total. The van der Waals surface area contributed by atoms with E-state index in [0.717, 1.165) is 36.8 Å². The molecule has 3 rings (SSSR count). The topological polar surface area (TPSA) is 88.9 Å². The summed E-state index contributed by atoms with van der Waals surface area (Å²) in [6.07, 6.45) is 4.43. The van der Waals surface area contributed by atoms with Gasteiger partial charge in [-0.05, 0) is 44.0 Å². The molecule has 0 bridgehead atoms. The van der Waals surface area contributed by atoms with Crippen LogP contribution in [0.3, 0.4) is 0 Å². The van der Waals surface area contributed by atoms with E-state index >= 15 is 0 Å². The zero-order valence-electron chi connectivity index (χ0n) is 15.0. The second-order valence-electron chi connectivity index (χ2n) is 6.37. The number of hydrogen-bond donors (Lipinski definition) is 2. The van der Waals surface area contributed by atoms with Crippen LogP contribution in [0.15, 0.2) is 29.4 Å². The first-order valence-electron chi connectivity index (χ1n) is 8.80. The van der Waals surface area contributed by atoms with Gasteiger partial charge in [0, 0.05) is 31.3 Å². The average molecular weight is 373 g/mol. The first-order valence-corrected chi connectivity index (χ1v) is 9.68. The summed E-state index contributed by atoms with van der Waals surface area (Å²) in [7, 11) is 0. The quantitative estimate of drug-likeness (QED) is 0.786. The summed E-state index contributed by atoms with van der Waals surface area (Å²) >= 11 is 1.43. The Morgan fingerprint density at radius 2 is 1.77 bits per heavy atom. The lowest BCUT2D eigenvalue weighted by Crippen LogP contribution is -2.23. The molecular weight excluding hydrogens is 350 g/mol. The molecular formula is C18H23N5O2S. The Bertz CT molecular complexity index is 787. The number of fused-ring (bicyclic) bond motifs is 1. The molecule has 0 saturated carbocycles. The van der Waals surface area contributed by atoms with Crippen molar-refractivity contribution < 1.29 is 9.59 Å². The molecule has 138 valence electrons. The highest BCUT2D eigenvalue weighted by Gasteiger charge is 2.21. The molecule has 1 aromatic carbocycles. The number of amides is 2. The molecule has 8 heteroatoms. The first kappa shape index (κ1) is 18.4. The van der Waals surface area contributed by atoms with Crippen molar-refractivity contribution in [2.24, 2.45) is 0 Å². The highest BCUT2D eigenvalue weighted by Crippen LogP contribution is 2.26. The Labute approximate surface area is 157 Å². The van der Waals surface area contributed by atoms with Gasteiger partial charge in [-0.1, -0.05) is 18.2 Å². The SMILES string of the molecule is CC(=O)Nc1ccc(NC(=O)C(C)Sc2nnc3n2CCCCC3)cc1. The molecule has 2 aromatic rings. The number of hydrogen-bond acceptors (Lipinski definition) is 5. The van der Waals surface area contributed by atoms with Crippen LogP contribution in [0.2, 0.25) is 0 Å². The highest BCUT2D eigenvalue weighted by molar-refractivity contribution is 8.00. The Balaban J connectivity index is 1.60. The fourth-order valence-electron chi connectivity index (χ4n) is 2.84. The van der Waals surface area contributed by atoms with Gasteiger partial charge in [0.05, 0.1) is 5.25 Å². The van der Waals surface area contributed by atoms with E-state index in [1.165, 1.54) is 25.1 Å². The molecule has 1 aliphatic rings. The lowest BCUT2D eigenvalue weighted by atomic mass is 10.2. The number of nitrogens with one attached hydrogen (secondary N) is 2. The second kappa shape index (κ2) is 8.35. The predicted octanol–water partition coefficient (Wildman–Crippen LogP) is 3.08. The third-order valence-electron chi connectivity index (χ3n) is 4.20. The Morgan fingerprint density at radius 3 is 2.46 bits per heavy atom. The van der Waals surface area contributed by atoms with Crippen LogP contribution in [0, 0.1) is 0 Å². The zero-order chi connectivity index (χ0) is 18.5. The average Bonchev–Trinajstić information content (AvgIpc) is 2.83. The number of aryl methyl sites for hydroxylation is 1. The van der Waals surface area contributed by atoms with E-state index in [9.17, 15) is 9.59 Å². The fourth-order valence-corrected chi connectivity index (χ4v) is 3.74. The molecule has 1 aliphatic heterocycles. The van der Waals surface area contributed by atoms with Crippen LogP contribution in [0.5, 0.6) is 0 Å². The maximum atomic E-state index is 12.5. The Morgan fingerprint density at radius 1 is 1.08 bits per heavy atom. The van der Waals surface area contributed by atoms with Crippen LogP contribution in [-0.4, -0.2) is 31.8 Å². The number of carbonyl (C=O) groups is 2. The summed E-state index contributed by atoms with van der Waals surface area (Å²) < 4.78 is 2.14. The van der Waals surface area contributed by atoms with Gasteiger partial charge in [-0.15, -0.1) is 10.2 Å². The molecule has 2 N–H and O–H groups in total. The smallest absolute Gasteiger partial charge is 0.237 e. The van der Waals surface area contributed by atoms with Crippen molar-refractivity contribution in [1.82, 2.24) is 14.8 Å². The van der Waals surface area contributed by atoms with Crippen LogP contribution in [-0.2, 0) is 22.6 Å². The molecule has 1 atom stereocenters. The number of benzene rings is 1. The molecule has 2 heterocycles. The van der Waals surface area contributed by atoms with Crippen molar-refractivity contribution in [3.8, 4) is 0 Å². The summed E-state index contributed by atoms with van der Waals surface area (Å²) in [5.74, 6) is 0.804. The van der Waals surface area contributed by atoms with Gasteiger partial charge in [0.2, 0.25) is 11.8 Å². The van der Waals surface area contributed by atoms with Gasteiger partial charge in [0.15, 0.2) is 5.16 Å². The molecule has 1 aromatic heterocycles. The van der Waals surface area contributed by atoms with E-state index in [-0.39, 0.29) is 17.1 Å². The number of anilines is 2. The number of thioether (sulfide) groups is 1. The van der Waals surface area contributed by atoms with E-state index < -0.39 is 0 Å². The molecule has 0 spiro atoms. The van der Waals surface area contributed by atoms with Crippen LogP contribution >= 0.6 is 11.8 Å². The van der Waals surface area contributed by atoms with Crippen molar-refractivity contribution in [2.75, 3.05) is 10.6 Å².